The van der Waals surface area contributed by atoms with E-state index in [1.54, 1.807) is 31.2 Å². The molecule has 4 nitrogen and oxygen atoms in total. The van der Waals surface area contributed by atoms with Crippen LogP contribution in [0.4, 0.5) is 0 Å². The SMILES string of the molecule is CCOc1cccc(O[C@@H](CC)C(=O)O)c1. The number of carboxylic acids is 1. The minimum absolute atomic E-state index is 0.425. The zero-order valence-corrected chi connectivity index (χ0v) is 9.47. The lowest BCUT2D eigenvalue weighted by Crippen LogP contribution is -2.25. The van der Waals surface area contributed by atoms with Gasteiger partial charge in [-0.1, -0.05) is 13.0 Å². The normalized spacial score (nSPS) is 11.9. The van der Waals surface area contributed by atoms with Crippen LogP contribution in [0.15, 0.2) is 24.3 Å². The molecular weight excluding hydrogens is 208 g/mol. The first kappa shape index (κ1) is 12.4. The average Bonchev–Trinajstić information content (AvgIpc) is 2.26. The van der Waals surface area contributed by atoms with E-state index < -0.39 is 12.1 Å². The molecule has 0 aliphatic carbocycles. The predicted molar refractivity (Wildman–Crippen MR) is 60.0 cm³/mol. The highest BCUT2D eigenvalue weighted by atomic mass is 16.5. The van der Waals surface area contributed by atoms with Gasteiger partial charge >= 0.3 is 5.97 Å². The quantitative estimate of drug-likeness (QED) is 0.805. The van der Waals surface area contributed by atoms with Gasteiger partial charge in [-0.05, 0) is 25.5 Å². The van der Waals surface area contributed by atoms with E-state index >= 15 is 0 Å². The second-order valence-corrected chi connectivity index (χ2v) is 3.26. The van der Waals surface area contributed by atoms with Gasteiger partial charge in [0.15, 0.2) is 6.10 Å². The van der Waals surface area contributed by atoms with E-state index in [4.69, 9.17) is 14.6 Å². The fraction of sp³-hybridized carbons (Fsp3) is 0.417. The molecule has 0 aliphatic rings. The molecule has 1 aromatic carbocycles. The van der Waals surface area contributed by atoms with Gasteiger partial charge < -0.3 is 14.6 Å². The highest BCUT2D eigenvalue weighted by Gasteiger charge is 2.16. The predicted octanol–water partition coefficient (Wildman–Crippen LogP) is 2.33. The molecule has 1 N–H and O–H groups in total. The molecule has 1 aromatic rings. The molecular formula is C12H16O4. The van der Waals surface area contributed by atoms with Crippen molar-refractivity contribution in [1.29, 1.82) is 0 Å². The van der Waals surface area contributed by atoms with E-state index in [1.165, 1.54) is 0 Å². The van der Waals surface area contributed by atoms with E-state index in [1.807, 2.05) is 6.92 Å². The van der Waals surface area contributed by atoms with Crippen molar-refractivity contribution in [2.75, 3.05) is 6.61 Å². The van der Waals surface area contributed by atoms with E-state index in [2.05, 4.69) is 0 Å². The van der Waals surface area contributed by atoms with Gasteiger partial charge in [0.05, 0.1) is 6.61 Å². The van der Waals surface area contributed by atoms with Crippen LogP contribution in [0, 0.1) is 0 Å². The van der Waals surface area contributed by atoms with Crippen molar-refractivity contribution in [3.8, 4) is 11.5 Å². The summed E-state index contributed by atoms with van der Waals surface area (Å²) in [4.78, 5) is 10.8. The summed E-state index contributed by atoms with van der Waals surface area (Å²) in [5.74, 6) is 0.241. The van der Waals surface area contributed by atoms with Crippen molar-refractivity contribution in [3.63, 3.8) is 0 Å². The number of hydrogen-bond acceptors (Lipinski definition) is 3. The van der Waals surface area contributed by atoms with Crippen molar-refractivity contribution < 1.29 is 19.4 Å². The monoisotopic (exact) mass is 224 g/mol. The topological polar surface area (TPSA) is 55.8 Å². The number of rotatable bonds is 6. The average molecular weight is 224 g/mol. The molecule has 0 fully saturated rings. The van der Waals surface area contributed by atoms with E-state index in [-0.39, 0.29) is 0 Å². The third-order valence-electron chi connectivity index (χ3n) is 2.04. The van der Waals surface area contributed by atoms with Crippen LogP contribution in [0.25, 0.3) is 0 Å². The Morgan fingerprint density at radius 3 is 2.62 bits per heavy atom. The third-order valence-corrected chi connectivity index (χ3v) is 2.04. The molecule has 0 radical (unpaired) electrons. The summed E-state index contributed by atoms with van der Waals surface area (Å²) >= 11 is 0. The van der Waals surface area contributed by atoms with Crippen LogP contribution in [0.2, 0.25) is 0 Å². The van der Waals surface area contributed by atoms with Crippen LogP contribution >= 0.6 is 0 Å². The lowest BCUT2D eigenvalue weighted by Gasteiger charge is -2.13. The van der Waals surface area contributed by atoms with Crippen LogP contribution in [-0.4, -0.2) is 23.8 Å². The molecule has 0 heterocycles. The zero-order chi connectivity index (χ0) is 12.0. The maximum absolute atomic E-state index is 10.8. The first-order valence-corrected chi connectivity index (χ1v) is 5.29. The maximum atomic E-state index is 10.8. The van der Waals surface area contributed by atoms with Crippen molar-refractivity contribution in [3.05, 3.63) is 24.3 Å². The molecule has 0 saturated carbocycles. The van der Waals surface area contributed by atoms with Crippen molar-refractivity contribution in [2.45, 2.75) is 26.4 Å². The molecule has 4 heteroatoms. The molecule has 0 bridgehead atoms. The van der Waals surface area contributed by atoms with Gasteiger partial charge in [0.25, 0.3) is 0 Å². The Morgan fingerprint density at radius 1 is 1.38 bits per heavy atom. The summed E-state index contributed by atoms with van der Waals surface area (Å²) in [6.45, 7) is 4.23. The summed E-state index contributed by atoms with van der Waals surface area (Å²) in [5.41, 5.74) is 0. The van der Waals surface area contributed by atoms with Crippen LogP contribution in [-0.2, 0) is 4.79 Å². The van der Waals surface area contributed by atoms with E-state index in [0.29, 0.717) is 24.5 Å². The molecule has 0 unspecified atom stereocenters. The lowest BCUT2D eigenvalue weighted by molar-refractivity contribution is -0.145. The van der Waals surface area contributed by atoms with Crippen LogP contribution in [0.3, 0.4) is 0 Å². The van der Waals surface area contributed by atoms with Crippen molar-refractivity contribution in [2.24, 2.45) is 0 Å². The number of carboxylic acid groups (broad SMARTS) is 1. The highest BCUT2D eigenvalue weighted by molar-refractivity contribution is 5.72. The Kier molecular flexibility index (Phi) is 4.64. The zero-order valence-electron chi connectivity index (χ0n) is 9.47. The number of hydrogen-bond donors (Lipinski definition) is 1. The first-order valence-electron chi connectivity index (χ1n) is 5.29. The maximum Gasteiger partial charge on any atom is 0.344 e. The van der Waals surface area contributed by atoms with E-state index in [9.17, 15) is 4.79 Å². The molecule has 0 amide bonds. The smallest absolute Gasteiger partial charge is 0.344 e. The number of carbonyl (C=O) groups is 1. The van der Waals surface area contributed by atoms with Crippen LogP contribution < -0.4 is 9.47 Å². The van der Waals surface area contributed by atoms with Crippen molar-refractivity contribution in [1.82, 2.24) is 0 Å². The second kappa shape index (κ2) is 6.00. The Morgan fingerprint density at radius 2 is 2.06 bits per heavy atom. The summed E-state index contributed by atoms with van der Waals surface area (Å²) < 4.78 is 10.6. The Bertz CT molecular complexity index is 349. The van der Waals surface area contributed by atoms with Gasteiger partial charge in [0.1, 0.15) is 11.5 Å². The largest absolute Gasteiger partial charge is 0.494 e. The minimum atomic E-state index is -0.954. The highest BCUT2D eigenvalue weighted by Crippen LogP contribution is 2.21. The number of ether oxygens (including phenoxy) is 2. The Hall–Kier alpha value is -1.71. The standard InChI is InChI=1S/C12H16O4/c1-3-11(12(13)14)16-10-7-5-6-9(8-10)15-4-2/h5-8,11H,3-4H2,1-2H3,(H,13,14)/t11-/m0/s1. The van der Waals surface area contributed by atoms with Gasteiger partial charge in [-0.3, -0.25) is 0 Å². The molecule has 0 spiro atoms. The molecule has 88 valence electrons. The summed E-state index contributed by atoms with van der Waals surface area (Å²) in [6.07, 6.45) is -0.384. The first-order chi connectivity index (χ1) is 7.67. The van der Waals surface area contributed by atoms with Crippen molar-refractivity contribution >= 4 is 5.97 Å². The van der Waals surface area contributed by atoms with Gasteiger partial charge in [-0.15, -0.1) is 0 Å². The van der Waals surface area contributed by atoms with Crippen LogP contribution in [0.5, 0.6) is 11.5 Å². The third kappa shape index (κ3) is 3.46. The molecule has 16 heavy (non-hydrogen) atoms. The lowest BCUT2D eigenvalue weighted by atomic mass is 10.2. The number of benzene rings is 1. The molecule has 0 aromatic heterocycles. The molecule has 0 saturated heterocycles. The van der Waals surface area contributed by atoms with Gasteiger partial charge in [0.2, 0.25) is 0 Å². The summed E-state index contributed by atoms with van der Waals surface area (Å²) in [5, 5.41) is 8.85. The summed E-state index contributed by atoms with van der Waals surface area (Å²) in [6, 6.07) is 6.98. The van der Waals surface area contributed by atoms with Gasteiger partial charge in [0, 0.05) is 6.07 Å². The summed E-state index contributed by atoms with van der Waals surface area (Å²) in [7, 11) is 0. The molecule has 1 atom stereocenters. The Balaban J connectivity index is 2.72. The minimum Gasteiger partial charge on any atom is -0.494 e. The fourth-order valence-electron chi connectivity index (χ4n) is 1.28. The Labute approximate surface area is 94.8 Å². The van der Waals surface area contributed by atoms with E-state index in [0.717, 1.165) is 0 Å². The molecule has 0 aliphatic heterocycles. The fourth-order valence-corrected chi connectivity index (χ4v) is 1.28. The number of aliphatic carboxylic acids is 1. The molecule has 1 rings (SSSR count). The van der Waals surface area contributed by atoms with Crippen LogP contribution in [0.1, 0.15) is 20.3 Å². The van der Waals surface area contributed by atoms with Gasteiger partial charge in [-0.2, -0.15) is 0 Å². The van der Waals surface area contributed by atoms with Gasteiger partial charge in [-0.25, -0.2) is 4.79 Å². The second-order valence-electron chi connectivity index (χ2n) is 3.26.